The first-order valence-corrected chi connectivity index (χ1v) is 7.64. The molecule has 2 heterocycles. The number of rotatable bonds is 3. The molecule has 0 aliphatic heterocycles. The molecule has 0 fully saturated rings. The number of hydrogen-bond acceptors (Lipinski definition) is 4. The van der Waals surface area contributed by atoms with Gasteiger partial charge >= 0.3 is 5.69 Å². The lowest BCUT2D eigenvalue weighted by Gasteiger charge is -2.06. The Morgan fingerprint density at radius 3 is 2.58 bits per heavy atom. The minimum atomic E-state index is -0.357. The predicted molar refractivity (Wildman–Crippen MR) is 92.6 cm³/mol. The average Bonchev–Trinajstić information content (AvgIpc) is 2.62. The zero-order chi connectivity index (χ0) is 16.4. The van der Waals surface area contributed by atoms with Gasteiger partial charge in [-0.25, -0.2) is 14.8 Å². The van der Waals surface area contributed by atoms with Crippen LogP contribution in [0.25, 0.3) is 22.2 Å². The van der Waals surface area contributed by atoms with E-state index in [0.717, 1.165) is 27.9 Å². The Hall–Kier alpha value is -3.34. The van der Waals surface area contributed by atoms with E-state index in [1.54, 1.807) is 6.33 Å². The molecule has 0 amide bonds. The lowest BCUT2D eigenvalue weighted by Crippen LogP contribution is -2.14. The fourth-order valence-electron chi connectivity index (χ4n) is 2.74. The van der Waals surface area contributed by atoms with Gasteiger partial charge in [-0.3, -0.25) is 0 Å². The Bertz CT molecular complexity index is 1050. The van der Waals surface area contributed by atoms with E-state index in [-0.39, 0.29) is 5.69 Å². The van der Waals surface area contributed by atoms with Crippen LogP contribution in [0.5, 0.6) is 0 Å². The van der Waals surface area contributed by atoms with Crippen molar-refractivity contribution in [2.24, 2.45) is 0 Å². The molecule has 5 nitrogen and oxygen atoms in total. The standard InChI is InChI=1S/C19H14N4O/c24-19-22-14(10-17(23-19)13-6-2-1-3-7-13)11-18-15-8-4-5-9-16(15)20-12-21-18/h1-10,12H,11H2,(H,22,23,24). The van der Waals surface area contributed by atoms with Crippen molar-refractivity contribution < 1.29 is 0 Å². The van der Waals surface area contributed by atoms with E-state index in [4.69, 9.17) is 0 Å². The maximum Gasteiger partial charge on any atom is 0.345 e. The lowest BCUT2D eigenvalue weighted by atomic mass is 10.1. The van der Waals surface area contributed by atoms with Gasteiger partial charge < -0.3 is 4.98 Å². The van der Waals surface area contributed by atoms with Gasteiger partial charge in [0.1, 0.15) is 6.33 Å². The average molecular weight is 314 g/mol. The summed E-state index contributed by atoms with van der Waals surface area (Å²) in [7, 11) is 0. The van der Waals surface area contributed by atoms with Crippen molar-refractivity contribution in [3.63, 3.8) is 0 Å². The summed E-state index contributed by atoms with van der Waals surface area (Å²) in [6, 6.07) is 19.4. The highest BCUT2D eigenvalue weighted by Gasteiger charge is 2.08. The zero-order valence-electron chi connectivity index (χ0n) is 12.8. The topological polar surface area (TPSA) is 71.5 Å². The smallest absolute Gasteiger partial charge is 0.309 e. The second-order valence-electron chi connectivity index (χ2n) is 5.48. The first kappa shape index (κ1) is 14.3. The molecule has 0 aliphatic rings. The molecule has 0 spiro atoms. The van der Waals surface area contributed by atoms with Gasteiger partial charge in [0.15, 0.2) is 0 Å². The van der Waals surface area contributed by atoms with Gasteiger partial charge in [0.25, 0.3) is 0 Å². The SMILES string of the molecule is O=c1nc(-c2ccccc2)cc(Cc2ncnc3ccccc23)[nH]1. The molecular formula is C19H14N4O. The fourth-order valence-corrected chi connectivity index (χ4v) is 2.74. The lowest BCUT2D eigenvalue weighted by molar-refractivity contribution is 0.956. The third-order valence-corrected chi connectivity index (χ3v) is 3.85. The molecule has 0 bridgehead atoms. The van der Waals surface area contributed by atoms with Gasteiger partial charge in [0.05, 0.1) is 16.9 Å². The summed E-state index contributed by atoms with van der Waals surface area (Å²) in [4.78, 5) is 27.5. The molecule has 4 aromatic rings. The van der Waals surface area contributed by atoms with Crippen LogP contribution < -0.4 is 5.69 Å². The molecule has 0 unspecified atom stereocenters. The molecule has 4 rings (SSSR count). The van der Waals surface area contributed by atoms with Crippen molar-refractivity contribution in [1.29, 1.82) is 0 Å². The number of fused-ring (bicyclic) bond motifs is 1. The Labute approximate surface area is 138 Å². The zero-order valence-corrected chi connectivity index (χ0v) is 12.8. The van der Waals surface area contributed by atoms with Crippen molar-refractivity contribution in [2.75, 3.05) is 0 Å². The molecule has 1 N–H and O–H groups in total. The van der Waals surface area contributed by atoms with Crippen molar-refractivity contribution in [1.82, 2.24) is 19.9 Å². The van der Waals surface area contributed by atoms with Gasteiger partial charge in [-0.2, -0.15) is 4.98 Å². The van der Waals surface area contributed by atoms with Crippen LogP contribution in [0.15, 0.2) is 71.8 Å². The van der Waals surface area contributed by atoms with E-state index in [0.29, 0.717) is 12.1 Å². The second kappa shape index (κ2) is 6.04. The minimum Gasteiger partial charge on any atom is -0.309 e. The van der Waals surface area contributed by atoms with Crippen molar-refractivity contribution in [3.8, 4) is 11.3 Å². The summed E-state index contributed by atoms with van der Waals surface area (Å²) in [5.74, 6) is 0. The third-order valence-electron chi connectivity index (χ3n) is 3.85. The van der Waals surface area contributed by atoms with Gasteiger partial charge in [0, 0.05) is 23.1 Å². The van der Waals surface area contributed by atoms with Gasteiger partial charge in [-0.05, 0) is 12.1 Å². The largest absolute Gasteiger partial charge is 0.345 e. The second-order valence-corrected chi connectivity index (χ2v) is 5.48. The summed E-state index contributed by atoms with van der Waals surface area (Å²) >= 11 is 0. The highest BCUT2D eigenvalue weighted by molar-refractivity contribution is 5.80. The van der Waals surface area contributed by atoms with Crippen LogP contribution in [0.2, 0.25) is 0 Å². The minimum absolute atomic E-state index is 0.357. The molecule has 24 heavy (non-hydrogen) atoms. The summed E-state index contributed by atoms with van der Waals surface area (Å²) < 4.78 is 0. The normalized spacial score (nSPS) is 10.8. The van der Waals surface area contributed by atoms with Gasteiger partial charge in [-0.15, -0.1) is 0 Å². The number of H-pyrrole nitrogens is 1. The Balaban J connectivity index is 1.77. The highest BCUT2D eigenvalue weighted by atomic mass is 16.1. The van der Waals surface area contributed by atoms with Crippen molar-refractivity contribution >= 4 is 10.9 Å². The monoisotopic (exact) mass is 314 g/mol. The first-order valence-electron chi connectivity index (χ1n) is 7.64. The maximum atomic E-state index is 11.9. The molecule has 0 radical (unpaired) electrons. The van der Waals surface area contributed by atoms with Gasteiger partial charge in [0.2, 0.25) is 0 Å². The van der Waals surface area contributed by atoms with E-state index in [1.165, 1.54) is 0 Å². The van der Waals surface area contributed by atoms with Crippen LogP contribution in [-0.2, 0) is 6.42 Å². The first-order chi connectivity index (χ1) is 11.8. The molecule has 2 aromatic carbocycles. The number of nitrogens with zero attached hydrogens (tertiary/aromatic N) is 3. The van der Waals surface area contributed by atoms with Crippen LogP contribution in [-0.4, -0.2) is 19.9 Å². The molecule has 0 atom stereocenters. The van der Waals surface area contributed by atoms with Gasteiger partial charge in [-0.1, -0.05) is 48.5 Å². The summed E-state index contributed by atoms with van der Waals surface area (Å²) in [6.45, 7) is 0. The third kappa shape index (κ3) is 2.79. The van der Waals surface area contributed by atoms with Crippen LogP contribution in [0, 0.1) is 0 Å². The van der Waals surface area contributed by atoms with E-state index >= 15 is 0 Å². The van der Waals surface area contributed by atoms with E-state index in [1.807, 2.05) is 60.7 Å². The van der Waals surface area contributed by atoms with Crippen LogP contribution in [0.3, 0.4) is 0 Å². The summed E-state index contributed by atoms with van der Waals surface area (Å²) in [6.07, 6.45) is 2.07. The van der Waals surface area contributed by atoms with E-state index in [2.05, 4.69) is 19.9 Å². The quantitative estimate of drug-likeness (QED) is 0.631. The number of nitrogens with one attached hydrogen (secondary N) is 1. The molecule has 2 aromatic heterocycles. The predicted octanol–water partition coefficient (Wildman–Crippen LogP) is 2.97. The summed E-state index contributed by atoms with van der Waals surface area (Å²) in [5, 5.41) is 0.985. The Morgan fingerprint density at radius 2 is 1.71 bits per heavy atom. The molecule has 5 heteroatoms. The maximum absolute atomic E-state index is 11.9. The number of benzene rings is 2. The fraction of sp³-hybridized carbons (Fsp3) is 0.0526. The molecule has 0 saturated heterocycles. The Kier molecular flexibility index (Phi) is 3.59. The van der Waals surface area contributed by atoms with Crippen LogP contribution in [0.4, 0.5) is 0 Å². The summed E-state index contributed by atoms with van der Waals surface area (Å²) in [5.41, 5.74) is 3.76. The molecular weight excluding hydrogens is 300 g/mol. The molecule has 0 aliphatic carbocycles. The highest BCUT2D eigenvalue weighted by Crippen LogP contribution is 2.19. The number of para-hydroxylation sites is 1. The number of hydrogen-bond donors (Lipinski definition) is 1. The van der Waals surface area contributed by atoms with E-state index < -0.39 is 0 Å². The molecule has 116 valence electrons. The number of aromatic nitrogens is 4. The van der Waals surface area contributed by atoms with Crippen molar-refractivity contribution in [2.45, 2.75) is 6.42 Å². The molecule has 0 saturated carbocycles. The van der Waals surface area contributed by atoms with Crippen LogP contribution in [0.1, 0.15) is 11.4 Å². The van der Waals surface area contributed by atoms with Crippen molar-refractivity contribution in [3.05, 3.63) is 88.9 Å². The number of aromatic amines is 1. The van der Waals surface area contributed by atoms with Crippen LogP contribution >= 0.6 is 0 Å². The van der Waals surface area contributed by atoms with E-state index in [9.17, 15) is 4.79 Å². The Morgan fingerprint density at radius 1 is 0.917 bits per heavy atom.